The van der Waals surface area contributed by atoms with Crippen LogP contribution in [0.5, 0.6) is 0 Å². The van der Waals surface area contributed by atoms with Crippen molar-refractivity contribution in [2.45, 2.75) is 198 Å². The Morgan fingerprint density at radius 3 is 2.14 bits per heavy atom. The van der Waals surface area contributed by atoms with Gasteiger partial charge in [-0.1, -0.05) is 6.58 Å². The summed E-state index contributed by atoms with van der Waals surface area (Å²) in [5, 5.41) is 72.6. The number of hydrogen-bond donors (Lipinski definition) is 9. The molecule has 7 amide bonds. The third-order valence-corrected chi connectivity index (χ3v) is 13.7. The smallest absolute Gasteiger partial charge is 0.412 e. The lowest BCUT2D eigenvalue weighted by molar-refractivity contribution is -0.384. The van der Waals surface area contributed by atoms with Crippen molar-refractivity contribution in [3.8, 4) is 0 Å². The number of nitrogens with zero attached hydrogens (tertiary/aromatic N) is 3. The first kappa shape index (κ1) is 69.7. The van der Waals surface area contributed by atoms with E-state index in [1.54, 1.807) is 68.4 Å². The predicted octanol–water partition coefficient (Wildman–Crippen LogP) is 2.86. The molecule has 86 heavy (non-hydrogen) atoms. The summed E-state index contributed by atoms with van der Waals surface area (Å²) >= 11 is 0. The molecule has 0 radical (unpaired) electrons. The van der Waals surface area contributed by atoms with Crippen LogP contribution in [-0.2, 0) is 58.8 Å². The number of nitro benzene ring substituents is 1. The molecule has 0 spiro atoms. The van der Waals surface area contributed by atoms with Crippen LogP contribution in [0.1, 0.15) is 107 Å². The second-order valence-electron chi connectivity index (χ2n) is 24.8. The summed E-state index contributed by atoms with van der Waals surface area (Å²) < 4.78 is 52.0. The number of aliphatic hydroxyl groups excluding tert-OH is 3. The lowest BCUT2D eigenvalue weighted by Crippen LogP contribution is -2.71. The standard InChI is InChI=1S/C56H86N8O22/c1-30(2)81-49(71)57-21-20-38(65)46(69)60-37-25-36(61-50(72)84-53(3,4)5)40(41(67)44(37)83-47-42(68)45(56(12,75)29-80-47)62(13)51(73)85-54(6,7)8)43-35(59-39(66)24-34-27-63(22-23-78-34)52(74)86-55(9,10)11)19-18-33(82-43)26-58-48(70)79-28-31-14-16-32(17-15-31)64(76)77/h14-18,34-38,40-45,47,65,67-68,75H,1,19-29H2,2-13H3,(H,57,71)(H,58,70)(H,59,66)(H,60,69)(H,61,72)/t34?,35-,36+,37-,38+,40-,41+,42-,43?,44+,45-,47-,56+/m1/s1. The molecular formula is C56H86N8O22. The van der Waals surface area contributed by atoms with Gasteiger partial charge in [0.25, 0.3) is 5.69 Å². The lowest BCUT2D eigenvalue weighted by Gasteiger charge is -2.52. The number of hydrogen-bond acceptors (Lipinski definition) is 22. The topological polar surface area (TPSA) is 393 Å². The molecule has 5 rings (SSSR count). The molecule has 13 atom stereocenters. The average Bonchev–Trinajstić information content (AvgIpc) is 0.852. The highest BCUT2D eigenvalue weighted by Gasteiger charge is 2.57. The van der Waals surface area contributed by atoms with Crippen molar-refractivity contribution >= 4 is 48.0 Å². The van der Waals surface area contributed by atoms with Gasteiger partial charge in [-0.05, 0) is 119 Å². The van der Waals surface area contributed by atoms with Gasteiger partial charge in [0.15, 0.2) is 6.29 Å². The van der Waals surface area contributed by atoms with Crippen molar-refractivity contribution in [1.82, 2.24) is 36.4 Å². The Labute approximate surface area is 499 Å². The molecule has 0 aromatic heterocycles. The molecule has 30 nitrogen and oxygen atoms in total. The van der Waals surface area contributed by atoms with Crippen molar-refractivity contribution in [3.05, 3.63) is 64.1 Å². The number of morpholine rings is 1. The Balaban J connectivity index is 1.55. The van der Waals surface area contributed by atoms with E-state index in [1.165, 1.54) is 50.1 Å². The van der Waals surface area contributed by atoms with Crippen LogP contribution < -0.4 is 26.6 Å². The van der Waals surface area contributed by atoms with E-state index >= 15 is 0 Å². The largest absolute Gasteiger partial charge is 0.491 e. The van der Waals surface area contributed by atoms with E-state index in [0.29, 0.717) is 5.56 Å². The van der Waals surface area contributed by atoms with Crippen LogP contribution in [0.15, 0.2) is 48.4 Å². The molecule has 0 bridgehead atoms. The molecule has 3 heterocycles. The Bertz CT molecular complexity index is 2600. The van der Waals surface area contributed by atoms with Crippen LogP contribution >= 0.6 is 0 Å². The van der Waals surface area contributed by atoms with Crippen LogP contribution in [0.25, 0.3) is 0 Å². The highest BCUT2D eigenvalue weighted by molar-refractivity contribution is 5.81. The summed E-state index contributed by atoms with van der Waals surface area (Å²) in [7, 11) is 1.28. The molecule has 1 aliphatic carbocycles. The number of aliphatic hydroxyl groups is 4. The molecule has 1 aromatic rings. The second-order valence-corrected chi connectivity index (χ2v) is 24.8. The number of nitro groups is 1. The summed E-state index contributed by atoms with van der Waals surface area (Å²) in [6.07, 6.45) is -15.4. The minimum atomic E-state index is -1.96. The van der Waals surface area contributed by atoms with Crippen LogP contribution in [0.4, 0.5) is 29.7 Å². The Morgan fingerprint density at radius 2 is 1.52 bits per heavy atom. The summed E-state index contributed by atoms with van der Waals surface area (Å²) in [5.41, 5.74) is -4.59. The Kier molecular flexibility index (Phi) is 23.9. The zero-order chi connectivity index (χ0) is 64.2. The summed E-state index contributed by atoms with van der Waals surface area (Å²) in [5.74, 6) is -2.95. The van der Waals surface area contributed by atoms with Gasteiger partial charge in [-0.2, -0.15) is 0 Å². The molecule has 3 aliphatic heterocycles. The number of carbonyl (C=O) groups is 7. The van der Waals surface area contributed by atoms with Gasteiger partial charge < -0.3 is 99.4 Å². The van der Waals surface area contributed by atoms with Crippen LogP contribution in [0, 0.1) is 16.0 Å². The normalized spacial score (nSPS) is 27.2. The fraction of sp³-hybridized carbons (Fsp3) is 0.696. The van der Waals surface area contributed by atoms with Crippen molar-refractivity contribution in [3.63, 3.8) is 0 Å². The number of carbonyl (C=O) groups excluding carboxylic acids is 7. The maximum absolute atomic E-state index is 14.3. The molecule has 3 fully saturated rings. The monoisotopic (exact) mass is 1220 g/mol. The van der Waals surface area contributed by atoms with Gasteiger partial charge in [-0.3, -0.25) is 19.7 Å². The first-order chi connectivity index (χ1) is 39.9. The van der Waals surface area contributed by atoms with Gasteiger partial charge >= 0.3 is 30.5 Å². The van der Waals surface area contributed by atoms with Gasteiger partial charge in [0.05, 0.1) is 73.7 Å². The molecule has 9 N–H and O–H groups in total. The number of rotatable bonds is 19. The quantitative estimate of drug-likeness (QED) is 0.0416. The minimum absolute atomic E-state index is 0.00993. The van der Waals surface area contributed by atoms with Crippen molar-refractivity contribution in [1.29, 1.82) is 0 Å². The number of likely N-dealkylation sites (N-methyl/N-ethyl adjacent to an activating group) is 1. The summed E-state index contributed by atoms with van der Waals surface area (Å²) in [6.45, 7) is 19.8. The molecule has 2 unspecified atom stereocenters. The van der Waals surface area contributed by atoms with Crippen LogP contribution in [0.2, 0.25) is 0 Å². The van der Waals surface area contributed by atoms with Gasteiger partial charge in [-0.25, -0.2) is 24.0 Å². The number of benzene rings is 1. The van der Waals surface area contributed by atoms with Gasteiger partial charge in [-0.15, -0.1) is 0 Å². The maximum atomic E-state index is 14.3. The molecule has 1 saturated carbocycles. The molecule has 30 heteroatoms. The van der Waals surface area contributed by atoms with Crippen molar-refractivity contribution in [2.24, 2.45) is 5.92 Å². The van der Waals surface area contributed by atoms with E-state index in [9.17, 15) is 64.1 Å². The Morgan fingerprint density at radius 1 is 0.872 bits per heavy atom. The van der Waals surface area contributed by atoms with Gasteiger partial charge in [0.2, 0.25) is 11.8 Å². The fourth-order valence-electron chi connectivity index (χ4n) is 10.0. The predicted molar refractivity (Wildman–Crippen MR) is 301 cm³/mol. The number of nitrogens with one attached hydrogen (secondary N) is 5. The second kappa shape index (κ2) is 29.5. The van der Waals surface area contributed by atoms with Crippen LogP contribution in [-0.4, -0.2) is 213 Å². The zero-order valence-corrected chi connectivity index (χ0v) is 50.8. The minimum Gasteiger partial charge on any atom is -0.491 e. The van der Waals surface area contributed by atoms with E-state index in [0.717, 1.165) is 4.90 Å². The van der Waals surface area contributed by atoms with E-state index < -0.39 is 156 Å². The average molecular weight is 1220 g/mol. The highest BCUT2D eigenvalue weighted by atomic mass is 16.7. The first-order valence-electron chi connectivity index (χ1n) is 28.2. The summed E-state index contributed by atoms with van der Waals surface area (Å²) in [6, 6.07) is -0.0532. The number of amides is 7. The van der Waals surface area contributed by atoms with E-state index in [1.807, 2.05) is 0 Å². The van der Waals surface area contributed by atoms with E-state index in [4.69, 9.17) is 42.6 Å². The fourth-order valence-corrected chi connectivity index (χ4v) is 10.0. The van der Waals surface area contributed by atoms with Gasteiger partial charge in [0, 0.05) is 44.2 Å². The molecule has 1 aromatic carbocycles. The van der Waals surface area contributed by atoms with Crippen LogP contribution in [0.3, 0.4) is 0 Å². The molecule has 4 aliphatic rings. The zero-order valence-electron chi connectivity index (χ0n) is 50.8. The first-order valence-corrected chi connectivity index (χ1v) is 28.2. The summed E-state index contributed by atoms with van der Waals surface area (Å²) in [4.78, 5) is 107. The lowest BCUT2D eigenvalue weighted by atomic mass is 9.72. The third-order valence-electron chi connectivity index (χ3n) is 13.7. The third kappa shape index (κ3) is 21.1. The number of allylic oxidation sites excluding steroid dienone is 1. The number of ether oxygens (including phenoxy) is 9. The number of non-ortho nitro benzene ring substituents is 1. The number of alkyl carbamates (subject to hydrolysis) is 3. The molecular weight excluding hydrogens is 1140 g/mol. The van der Waals surface area contributed by atoms with Crippen molar-refractivity contribution in [2.75, 3.05) is 46.4 Å². The highest BCUT2D eigenvalue weighted by Crippen LogP contribution is 2.39. The Hall–Kier alpha value is -7.09. The SMILES string of the molecule is C=C(C)OC(=O)NCC[C@H](O)C(=O)N[C@@H]1C[C@H](NC(=O)OC(C)(C)C)[C@@H](C2OC(CNC(=O)OCc3ccc([N+](=O)[O-])cc3)=CC[C@H]2NC(=O)CC2CN(C(=O)OC(C)(C)C)CCO2)[C@H](O)[C@H]1O[C@H]1OC[C@](C)(O)[C@H](N(C)C(=O)OC(C)(C)C)[C@H]1O. The van der Waals surface area contributed by atoms with E-state index in [-0.39, 0.29) is 75.9 Å². The van der Waals surface area contributed by atoms with Crippen molar-refractivity contribution < 1.29 is 102 Å². The van der Waals surface area contributed by atoms with E-state index in [2.05, 4.69) is 33.2 Å². The molecule has 2 saturated heterocycles. The maximum Gasteiger partial charge on any atom is 0.412 e. The molecule has 482 valence electrons. The van der Waals surface area contributed by atoms with Gasteiger partial charge in [0.1, 0.15) is 59.2 Å².